The quantitative estimate of drug-likeness (QED) is 0.152. The minimum Gasteiger partial charge on any atom is -0.310 e. The normalized spacial score (nSPS) is 12.7. The minimum atomic E-state index is -0.180. The summed E-state index contributed by atoms with van der Waals surface area (Å²) in [5.41, 5.74) is 25.0. The lowest BCUT2D eigenvalue weighted by atomic mass is 9.33. The van der Waals surface area contributed by atoms with Gasteiger partial charge in [0, 0.05) is 86.4 Å². The smallest absolute Gasteiger partial charge is 0.254 e. The highest BCUT2D eigenvalue weighted by atomic mass is 32.1. The molecule has 0 unspecified atom stereocenters. The highest BCUT2D eigenvalue weighted by molar-refractivity contribution is 7.28. The molecule has 6 heterocycles. The van der Waals surface area contributed by atoms with Crippen molar-refractivity contribution in [3.05, 3.63) is 285 Å². The first-order chi connectivity index (χ1) is 41.7. The van der Waals surface area contributed by atoms with E-state index in [1.165, 1.54) is 124 Å². The van der Waals surface area contributed by atoms with Crippen LogP contribution in [0.4, 0.5) is 17.1 Å². The molecule has 6 heteroatoms. The number of hydrogen-bond donors (Lipinski definition) is 0. The molecule has 0 N–H and O–H groups in total. The van der Waals surface area contributed by atoms with Crippen LogP contribution in [0.5, 0.6) is 0 Å². The van der Waals surface area contributed by atoms with Crippen LogP contribution >= 0.6 is 11.3 Å². The molecule has 4 nitrogen and oxygen atoms in total. The molecule has 0 aliphatic carbocycles. The Kier molecular flexibility index (Phi) is 9.55. The Hall–Kier alpha value is -10.7. The summed E-state index contributed by atoms with van der Waals surface area (Å²) in [5, 5.41) is 10.0. The molecule has 2 aliphatic heterocycles. The zero-order valence-electron chi connectivity index (χ0n) is 45.4. The molecular formula is C78H47BN4S. The summed E-state index contributed by atoms with van der Waals surface area (Å²) in [6.45, 7) is -0.180. The van der Waals surface area contributed by atoms with E-state index in [0.717, 1.165) is 45.0 Å². The van der Waals surface area contributed by atoms with E-state index in [0.29, 0.717) is 0 Å². The van der Waals surface area contributed by atoms with E-state index in [4.69, 9.17) is 0 Å². The molecular weight excluding hydrogens is 1040 g/mol. The standard InChI is InChI=1S/C78H47BN4S/c1-5-22-48(23-6-1)51-40-41-59-61-46-70-64(47-69(61)80(68(59)42-51)52-28-11-4-12-29-52)79-74-71(82-67-38-19-15-32-58(67)62-45-63-60-33-16-20-39-73(60)84-78(63)75(79)77(62)82)43-53(81-65-36-17-13-30-56(65)57-31-14-18-37-66(57)81)44-72(74)83(70)76-54(49-24-7-2-8-25-49)34-21-35-55(76)50-26-9-3-10-27-50/h1-47H. The summed E-state index contributed by atoms with van der Waals surface area (Å²) in [4.78, 5) is 2.70. The van der Waals surface area contributed by atoms with E-state index in [-0.39, 0.29) is 6.71 Å². The summed E-state index contributed by atoms with van der Waals surface area (Å²) in [6.07, 6.45) is 0. The second-order valence-electron chi connectivity index (χ2n) is 22.7. The molecule has 0 radical (unpaired) electrons. The van der Waals surface area contributed by atoms with E-state index < -0.39 is 0 Å². The predicted molar refractivity (Wildman–Crippen MR) is 358 cm³/mol. The van der Waals surface area contributed by atoms with Crippen LogP contribution < -0.4 is 21.3 Å². The topological polar surface area (TPSA) is 18.0 Å². The van der Waals surface area contributed by atoms with Crippen LogP contribution in [-0.2, 0) is 0 Å². The lowest BCUT2D eigenvalue weighted by Gasteiger charge is -2.42. The third-order valence-corrected chi connectivity index (χ3v) is 19.6. The lowest BCUT2D eigenvalue weighted by molar-refractivity contribution is 1.13. The number of aromatic nitrogens is 3. The zero-order valence-corrected chi connectivity index (χ0v) is 46.2. The molecule has 17 aromatic rings. The monoisotopic (exact) mass is 1080 g/mol. The summed E-state index contributed by atoms with van der Waals surface area (Å²) in [6, 6.07) is 107. The van der Waals surface area contributed by atoms with E-state index in [2.05, 4.69) is 304 Å². The van der Waals surface area contributed by atoms with Crippen LogP contribution in [0, 0.1) is 0 Å². The summed E-state index contributed by atoms with van der Waals surface area (Å²) in [5.74, 6) is 0. The SMILES string of the molecule is c1ccc(-c2ccc3c4cc5c(cc4n(-c4ccccc4)c3c2)B2c3c(cc(-n4c6ccccc6c6ccccc64)cc3-n3c4ccccc4c4cc6c(sc7ccccc76)c2c43)N5c2c(-c3ccccc3)cccc2-c2ccccc2)cc1. The average Bonchev–Trinajstić information content (AvgIpc) is 1.38. The highest BCUT2D eigenvalue weighted by Gasteiger charge is 2.45. The molecule has 0 bridgehead atoms. The van der Waals surface area contributed by atoms with Crippen LogP contribution in [0.1, 0.15) is 0 Å². The van der Waals surface area contributed by atoms with Crippen LogP contribution in [0.2, 0.25) is 0 Å². The Labute approximate surface area is 488 Å². The van der Waals surface area contributed by atoms with Crippen molar-refractivity contribution in [1.29, 1.82) is 0 Å². The number of nitrogens with zero attached hydrogens (tertiary/aromatic N) is 4. The van der Waals surface area contributed by atoms with Gasteiger partial charge < -0.3 is 18.6 Å². The van der Waals surface area contributed by atoms with Crippen molar-refractivity contribution < 1.29 is 0 Å². The van der Waals surface area contributed by atoms with Crippen molar-refractivity contribution in [1.82, 2.24) is 13.7 Å². The summed E-state index contributed by atoms with van der Waals surface area (Å²) in [7, 11) is 0. The molecule has 388 valence electrons. The summed E-state index contributed by atoms with van der Waals surface area (Å²) < 4.78 is 10.4. The largest absolute Gasteiger partial charge is 0.310 e. The minimum absolute atomic E-state index is 0.180. The second kappa shape index (κ2) is 17.4. The van der Waals surface area contributed by atoms with Gasteiger partial charge in [0.2, 0.25) is 0 Å². The van der Waals surface area contributed by atoms with Gasteiger partial charge >= 0.3 is 0 Å². The molecule has 0 amide bonds. The number of thiophene rings is 1. The fraction of sp³-hybridized carbons (Fsp3) is 0. The van der Waals surface area contributed by atoms with Gasteiger partial charge in [-0.05, 0) is 111 Å². The molecule has 0 saturated carbocycles. The van der Waals surface area contributed by atoms with Crippen molar-refractivity contribution in [3.8, 4) is 50.4 Å². The maximum absolute atomic E-state index is 2.70. The number of fused-ring (bicyclic) bond motifs is 17. The maximum Gasteiger partial charge on any atom is 0.254 e. The average molecular weight is 1080 g/mol. The maximum atomic E-state index is 2.70. The third-order valence-electron chi connectivity index (χ3n) is 18.4. The molecule has 0 fully saturated rings. The fourth-order valence-electron chi connectivity index (χ4n) is 14.9. The highest BCUT2D eigenvalue weighted by Crippen LogP contribution is 2.52. The third kappa shape index (κ3) is 6.32. The molecule has 0 spiro atoms. The molecule has 84 heavy (non-hydrogen) atoms. The molecule has 0 saturated heterocycles. The van der Waals surface area contributed by atoms with Gasteiger partial charge in [0.15, 0.2) is 0 Å². The first-order valence-corrected chi connectivity index (χ1v) is 29.8. The van der Waals surface area contributed by atoms with Crippen LogP contribution in [-0.4, -0.2) is 20.4 Å². The van der Waals surface area contributed by atoms with Crippen molar-refractivity contribution in [3.63, 3.8) is 0 Å². The van der Waals surface area contributed by atoms with E-state index in [9.17, 15) is 0 Å². The Morgan fingerprint density at radius 3 is 1.48 bits per heavy atom. The van der Waals surface area contributed by atoms with Gasteiger partial charge in [-0.2, -0.15) is 0 Å². The second-order valence-corrected chi connectivity index (χ2v) is 23.7. The first-order valence-electron chi connectivity index (χ1n) is 29.0. The first kappa shape index (κ1) is 46.0. The zero-order chi connectivity index (χ0) is 54.7. The van der Waals surface area contributed by atoms with E-state index in [1.54, 1.807) is 0 Å². The van der Waals surface area contributed by atoms with Gasteiger partial charge in [0.1, 0.15) is 0 Å². The number of para-hydroxylation sites is 5. The van der Waals surface area contributed by atoms with Gasteiger partial charge in [0.25, 0.3) is 6.71 Å². The number of hydrogen-bond acceptors (Lipinski definition) is 2. The fourth-order valence-corrected chi connectivity index (χ4v) is 16.2. The van der Waals surface area contributed by atoms with Gasteiger partial charge in [-0.1, -0.05) is 212 Å². The summed E-state index contributed by atoms with van der Waals surface area (Å²) >= 11 is 1.95. The van der Waals surface area contributed by atoms with Crippen molar-refractivity contribution in [2.45, 2.75) is 0 Å². The molecule has 2 aliphatic rings. The van der Waals surface area contributed by atoms with Gasteiger partial charge in [0.05, 0.1) is 44.5 Å². The molecule has 13 aromatic carbocycles. The Bertz CT molecular complexity index is 5510. The van der Waals surface area contributed by atoms with Crippen LogP contribution in [0.25, 0.3) is 136 Å². The van der Waals surface area contributed by atoms with Crippen LogP contribution in [0.15, 0.2) is 285 Å². The number of benzene rings is 13. The predicted octanol–water partition coefficient (Wildman–Crippen LogP) is 19.0. The van der Waals surface area contributed by atoms with Crippen molar-refractivity contribution in [2.75, 3.05) is 4.90 Å². The van der Waals surface area contributed by atoms with Gasteiger partial charge in [-0.25, -0.2) is 0 Å². The Morgan fingerprint density at radius 2 is 0.810 bits per heavy atom. The van der Waals surface area contributed by atoms with Crippen molar-refractivity contribution >= 4 is 137 Å². The van der Waals surface area contributed by atoms with Gasteiger partial charge in [-0.3, -0.25) is 0 Å². The Balaban J connectivity index is 1.05. The van der Waals surface area contributed by atoms with Crippen LogP contribution in [0.3, 0.4) is 0 Å². The van der Waals surface area contributed by atoms with Gasteiger partial charge in [-0.15, -0.1) is 11.3 Å². The lowest BCUT2D eigenvalue weighted by Crippen LogP contribution is -2.60. The molecule has 19 rings (SSSR count). The van der Waals surface area contributed by atoms with Crippen molar-refractivity contribution in [2.24, 2.45) is 0 Å². The van der Waals surface area contributed by atoms with E-state index in [1.807, 2.05) is 11.3 Å². The number of rotatable bonds is 6. The number of anilines is 3. The Morgan fingerprint density at radius 1 is 0.286 bits per heavy atom. The molecule has 0 atom stereocenters. The molecule has 4 aromatic heterocycles. The van der Waals surface area contributed by atoms with E-state index >= 15 is 0 Å².